The molecular formula is C5H11NO5P-. The molecule has 0 aliphatic heterocycles. The summed E-state index contributed by atoms with van der Waals surface area (Å²) in [5.41, 5.74) is 0. The van der Waals surface area contributed by atoms with E-state index < -0.39 is 14.9 Å². The first kappa shape index (κ1) is 9.67. The van der Waals surface area contributed by atoms with Crippen molar-refractivity contribution in [3.8, 4) is 0 Å². The minimum Gasteiger partial charge on any atom is -0.756 e. The van der Waals surface area contributed by atoms with Crippen molar-refractivity contribution < 1.29 is 24.7 Å². The maximum atomic E-state index is 10.6. The fourth-order valence-corrected chi connectivity index (χ4v) is 0.811. The van der Waals surface area contributed by atoms with E-state index in [0.29, 0.717) is 0 Å². The van der Waals surface area contributed by atoms with Crippen molar-refractivity contribution in [2.24, 2.45) is 0 Å². The van der Waals surface area contributed by atoms with Crippen molar-refractivity contribution in [2.75, 3.05) is 20.2 Å². The molecule has 1 atom stereocenters. The van der Waals surface area contributed by atoms with Crippen molar-refractivity contribution in [1.82, 2.24) is 5.32 Å². The molecule has 12 heavy (non-hydrogen) atoms. The Morgan fingerprint density at radius 1 is 1.83 bits per heavy atom. The number of rotatable bonds is 5. The van der Waals surface area contributed by atoms with Crippen LogP contribution in [0, 0.1) is 0 Å². The summed E-state index contributed by atoms with van der Waals surface area (Å²) < 4.78 is 25.3. The van der Waals surface area contributed by atoms with Crippen LogP contribution < -0.4 is 10.2 Å². The Bertz CT molecular complexity index is 211. The van der Waals surface area contributed by atoms with Crippen LogP contribution in [0.3, 0.4) is 0 Å². The fraction of sp³-hybridized carbons (Fsp3) is 0.800. The topological polar surface area (TPSA) is 87.7 Å². The standard InChI is InChI=1S/C5H12NO5P/c1-5(7)6-3-4-11-12(8,9)10-2/h3-4H2,1-2H3,(H,6,7)(H,8,9)/p-1/i2T. The minimum atomic E-state index is -4.34. The number of amides is 1. The molecule has 0 heterocycles. The third-order valence-electron chi connectivity index (χ3n) is 0.884. The van der Waals surface area contributed by atoms with E-state index >= 15 is 0 Å². The summed E-state index contributed by atoms with van der Waals surface area (Å²) in [5.74, 6) is -0.272. The highest BCUT2D eigenvalue weighted by molar-refractivity contribution is 7.45. The van der Waals surface area contributed by atoms with Crippen molar-refractivity contribution >= 4 is 13.7 Å². The maximum Gasteiger partial charge on any atom is 0.267 e. The van der Waals surface area contributed by atoms with Gasteiger partial charge in [0.1, 0.15) is 0 Å². The first-order chi connectivity index (χ1) is 5.98. The van der Waals surface area contributed by atoms with Crippen LogP contribution in [-0.2, 0) is 18.4 Å². The largest absolute Gasteiger partial charge is 0.756 e. The molecule has 0 saturated heterocycles. The summed E-state index contributed by atoms with van der Waals surface area (Å²) in [4.78, 5) is 20.9. The minimum absolute atomic E-state index is 0.0862. The summed E-state index contributed by atoms with van der Waals surface area (Å²) in [6, 6.07) is 0. The highest BCUT2D eigenvalue weighted by atomic mass is 31.2. The van der Waals surface area contributed by atoms with Gasteiger partial charge in [-0.25, -0.2) is 0 Å². The van der Waals surface area contributed by atoms with Crippen LogP contribution in [0.25, 0.3) is 0 Å². The fourth-order valence-electron chi connectivity index (χ4n) is 0.422. The van der Waals surface area contributed by atoms with E-state index in [1.54, 1.807) is 0 Å². The van der Waals surface area contributed by atoms with Gasteiger partial charge in [-0.2, -0.15) is 0 Å². The molecule has 1 amide bonds. The van der Waals surface area contributed by atoms with Crippen LogP contribution in [0.4, 0.5) is 0 Å². The molecule has 0 rings (SSSR count). The average molecular weight is 198 g/mol. The van der Waals surface area contributed by atoms with E-state index in [9.17, 15) is 14.3 Å². The lowest BCUT2D eigenvalue weighted by molar-refractivity contribution is -0.222. The maximum absolute atomic E-state index is 10.6. The van der Waals surface area contributed by atoms with Crippen LogP contribution in [0.5, 0.6) is 0 Å². The van der Waals surface area contributed by atoms with Crippen molar-refractivity contribution in [3.63, 3.8) is 0 Å². The molecule has 0 saturated carbocycles. The predicted octanol–water partition coefficient (Wildman–Crippen LogP) is -0.746. The van der Waals surface area contributed by atoms with Gasteiger partial charge in [0.25, 0.3) is 7.82 Å². The molecule has 72 valence electrons. The average Bonchev–Trinajstić information content (AvgIpc) is 1.98. The molecule has 0 bridgehead atoms. The van der Waals surface area contributed by atoms with E-state index in [1.807, 2.05) is 0 Å². The van der Waals surface area contributed by atoms with Gasteiger partial charge in [0.15, 0.2) is 0 Å². The van der Waals surface area contributed by atoms with Gasteiger partial charge in [-0.1, -0.05) is 0 Å². The van der Waals surface area contributed by atoms with Crippen LogP contribution >= 0.6 is 7.82 Å². The van der Waals surface area contributed by atoms with Crippen LogP contribution in [0.15, 0.2) is 0 Å². The zero-order valence-electron chi connectivity index (χ0n) is 7.61. The molecule has 1 unspecified atom stereocenters. The van der Waals surface area contributed by atoms with Crippen molar-refractivity contribution in [1.29, 1.82) is 0 Å². The van der Waals surface area contributed by atoms with Gasteiger partial charge in [-0.05, 0) is 0 Å². The Morgan fingerprint density at radius 2 is 2.50 bits per heavy atom. The highest BCUT2D eigenvalue weighted by Gasteiger charge is 2.04. The van der Waals surface area contributed by atoms with Crippen LogP contribution in [-0.4, -0.2) is 26.1 Å². The Labute approximate surface area is 71.9 Å². The summed E-state index contributed by atoms with van der Waals surface area (Å²) in [6.07, 6.45) is 0. The van der Waals surface area contributed by atoms with Gasteiger partial charge in [-0.3, -0.25) is 9.36 Å². The molecule has 0 radical (unpaired) electrons. The molecule has 0 aliphatic rings. The molecule has 7 heteroatoms. The lowest BCUT2D eigenvalue weighted by Crippen LogP contribution is -2.24. The normalized spacial score (nSPS) is 16.3. The molecule has 0 aromatic rings. The van der Waals surface area contributed by atoms with Gasteiger partial charge < -0.3 is 19.3 Å². The second kappa shape index (κ2) is 5.27. The molecule has 0 aromatic heterocycles. The van der Waals surface area contributed by atoms with Gasteiger partial charge in [0.05, 0.1) is 7.98 Å². The Hall–Kier alpha value is -0.420. The van der Waals surface area contributed by atoms with Crippen molar-refractivity contribution in [3.05, 3.63) is 0 Å². The smallest absolute Gasteiger partial charge is 0.267 e. The molecule has 0 aromatic carbocycles. The van der Waals surface area contributed by atoms with E-state index in [1.165, 1.54) is 6.92 Å². The highest BCUT2D eigenvalue weighted by Crippen LogP contribution is 2.36. The third-order valence-corrected chi connectivity index (χ3v) is 1.70. The second-order valence-electron chi connectivity index (χ2n) is 1.89. The number of hydrogen-bond donors (Lipinski definition) is 1. The SMILES string of the molecule is [3H]COP(=O)([O-])OCCNC(C)=O. The van der Waals surface area contributed by atoms with Gasteiger partial charge in [-0.15, -0.1) is 0 Å². The summed E-state index contributed by atoms with van der Waals surface area (Å²) in [6.45, 7) is 1.19. The zero-order chi connectivity index (χ0) is 10.3. The first-order valence-corrected chi connectivity index (χ1v) is 4.58. The second-order valence-corrected chi connectivity index (χ2v) is 3.30. The molecule has 0 aliphatic carbocycles. The lowest BCUT2D eigenvalue weighted by atomic mass is 10.6. The zero-order valence-corrected chi connectivity index (χ0v) is 7.50. The van der Waals surface area contributed by atoms with E-state index in [4.69, 9.17) is 1.37 Å². The number of nitrogens with one attached hydrogen (secondary N) is 1. The predicted molar refractivity (Wildman–Crippen MR) is 39.3 cm³/mol. The van der Waals surface area contributed by atoms with E-state index in [-0.39, 0.29) is 19.1 Å². The number of carbonyl (C=O) groups is 1. The van der Waals surface area contributed by atoms with Crippen LogP contribution in [0.2, 0.25) is 0 Å². The number of phosphoric acid groups is 1. The summed E-state index contributed by atoms with van der Waals surface area (Å²) in [5, 5.41) is 2.33. The molecule has 6 nitrogen and oxygen atoms in total. The quantitative estimate of drug-likeness (QED) is 0.464. The molecule has 1 N–H and O–H groups in total. The number of phosphoric ester groups is 1. The van der Waals surface area contributed by atoms with E-state index in [0.717, 1.165) is 0 Å². The summed E-state index contributed by atoms with van der Waals surface area (Å²) >= 11 is 0. The summed E-state index contributed by atoms with van der Waals surface area (Å²) in [7, 11) is -5.05. The number of carbonyl (C=O) groups excluding carboxylic acids is 1. The first-order valence-electron chi connectivity index (χ1n) is 3.82. The van der Waals surface area contributed by atoms with Gasteiger partial charge in [0.2, 0.25) is 5.91 Å². The molecule has 0 fully saturated rings. The molecule has 0 spiro atoms. The van der Waals surface area contributed by atoms with Crippen LogP contribution in [0.1, 0.15) is 8.29 Å². The Morgan fingerprint density at radius 3 is 3.00 bits per heavy atom. The van der Waals surface area contributed by atoms with E-state index in [2.05, 4.69) is 14.4 Å². The Kier molecular flexibility index (Phi) is 4.24. The lowest BCUT2D eigenvalue weighted by Gasteiger charge is -2.19. The van der Waals surface area contributed by atoms with Gasteiger partial charge >= 0.3 is 0 Å². The third kappa shape index (κ3) is 6.30. The Balaban J connectivity index is 3.52. The monoisotopic (exact) mass is 198 g/mol. The number of hydrogen-bond acceptors (Lipinski definition) is 5. The van der Waals surface area contributed by atoms with Gasteiger partial charge in [0, 0.05) is 20.6 Å². The van der Waals surface area contributed by atoms with Crippen molar-refractivity contribution in [2.45, 2.75) is 6.92 Å². The molecular weight excluding hydrogens is 185 g/mol.